The monoisotopic (exact) mass is 220 g/mol. The van der Waals surface area contributed by atoms with Crippen molar-refractivity contribution in [2.75, 3.05) is 13.7 Å². The number of nitrogens with one attached hydrogen (secondary N) is 1. The highest BCUT2D eigenvalue weighted by Gasteiger charge is 2.35. The van der Waals surface area contributed by atoms with E-state index in [1.54, 1.807) is 31.5 Å². The van der Waals surface area contributed by atoms with Gasteiger partial charge in [0.15, 0.2) is 0 Å². The van der Waals surface area contributed by atoms with Gasteiger partial charge in [-0.25, -0.2) is 4.79 Å². The number of carbonyl (C=O) groups excluding carboxylic acids is 1. The third kappa shape index (κ3) is 2.46. The minimum Gasteiger partial charge on any atom is -0.467 e. The lowest BCUT2D eigenvalue weighted by atomic mass is 9.93. The number of methoxy groups -OCH3 is 1. The molecule has 0 saturated heterocycles. The lowest BCUT2D eigenvalue weighted by Crippen LogP contribution is -2.47. The lowest BCUT2D eigenvalue weighted by Gasteiger charge is -2.27. The fourth-order valence-electron chi connectivity index (χ4n) is 1.43. The van der Waals surface area contributed by atoms with Crippen molar-refractivity contribution in [3.05, 3.63) is 42.7 Å². The Morgan fingerprint density at radius 3 is 3.00 bits per heavy atom. The molecule has 1 N–H and O–H groups in total. The lowest BCUT2D eigenvalue weighted by molar-refractivity contribution is -0.148. The van der Waals surface area contributed by atoms with E-state index >= 15 is 0 Å². The zero-order valence-corrected chi connectivity index (χ0v) is 9.56. The minimum absolute atomic E-state index is 0.345. The summed E-state index contributed by atoms with van der Waals surface area (Å²) < 4.78 is 4.80. The van der Waals surface area contributed by atoms with E-state index in [2.05, 4.69) is 16.9 Å². The van der Waals surface area contributed by atoms with Gasteiger partial charge in [-0.3, -0.25) is 10.3 Å². The van der Waals surface area contributed by atoms with Gasteiger partial charge in [0, 0.05) is 24.5 Å². The fraction of sp³-hybridized carbons (Fsp3) is 0.333. The average molecular weight is 220 g/mol. The van der Waals surface area contributed by atoms with Crippen LogP contribution in [0.4, 0.5) is 0 Å². The molecule has 0 aromatic carbocycles. The molecule has 4 heteroatoms. The van der Waals surface area contributed by atoms with Gasteiger partial charge in [0.2, 0.25) is 0 Å². The maximum atomic E-state index is 11.8. The first-order valence-corrected chi connectivity index (χ1v) is 5.00. The van der Waals surface area contributed by atoms with Crippen LogP contribution in [0.1, 0.15) is 12.5 Å². The summed E-state index contributed by atoms with van der Waals surface area (Å²) in [7, 11) is 1.37. The number of hydrogen-bond acceptors (Lipinski definition) is 4. The van der Waals surface area contributed by atoms with Gasteiger partial charge in [-0.1, -0.05) is 12.1 Å². The van der Waals surface area contributed by atoms with Crippen molar-refractivity contribution in [2.24, 2.45) is 0 Å². The van der Waals surface area contributed by atoms with E-state index in [0.717, 1.165) is 5.56 Å². The molecule has 86 valence electrons. The number of pyridine rings is 1. The Kier molecular flexibility index (Phi) is 4.19. The van der Waals surface area contributed by atoms with E-state index in [9.17, 15) is 4.79 Å². The van der Waals surface area contributed by atoms with Crippen LogP contribution in [0.15, 0.2) is 37.2 Å². The zero-order valence-electron chi connectivity index (χ0n) is 9.56. The molecular weight excluding hydrogens is 204 g/mol. The van der Waals surface area contributed by atoms with Crippen LogP contribution in [0.25, 0.3) is 0 Å². The summed E-state index contributed by atoms with van der Waals surface area (Å²) in [5.74, 6) is -0.345. The molecule has 1 rings (SSSR count). The van der Waals surface area contributed by atoms with Crippen LogP contribution in [0.2, 0.25) is 0 Å². The van der Waals surface area contributed by atoms with Crippen LogP contribution in [0.3, 0.4) is 0 Å². The quantitative estimate of drug-likeness (QED) is 0.599. The topological polar surface area (TPSA) is 51.2 Å². The highest BCUT2D eigenvalue weighted by Crippen LogP contribution is 2.21. The summed E-state index contributed by atoms with van der Waals surface area (Å²) in [5.41, 5.74) is -0.124. The molecule has 1 atom stereocenters. The first-order chi connectivity index (χ1) is 7.65. The van der Waals surface area contributed by atoms with Crippen molar-refractivity contribution in [3.63, 3.8) is 0 Å². The average Bonchev–Trinajstić information content (AvgIpc) is 2.36. The molecule has 0 aliphatic heterocycles. The second-order valence-corrected chi connectivity index (χ2v) is 3.53. The number of nitrogens with zero attached hydrogens (tertiary/aromatic N) is 1. The van der Waals surface area contributed by atoms with Gasteiger partial charge >= 0.3 is 5.97 Å². The van der Waals surface area contributed by atoms with Gasteiger partial charge in [0.25, 0.3) is 0 Å². The molecule has 1 heterocycles. The molecule has 0 radical (unpaired) electrons. The summed E-state index contributed by atoms with van der Waals surface area (Å²) in [5, 5.41) is 3.08. The molecule has 16 heavy (non-hydrogen) atoms. The van der Waals surface area contributed by atoms with Crippen LogP contribution in [-0.2, 0) is 15.1 Å². The fourth-order valence-corrected chi connectivity index (χ4v) is 1.43. The Labute approximate surface area is 95.3 Å². The predicted octanol–water partition coefficient (Wildman–Crippen LogP) is 1.25. The zero-order chi connectivity index (χ0) is 12.0. The normalized spacial score (nSPS) is 13.9. The van der Waals surface area contributed by atoms with E-state index < -0.39 is 5.54 Å². The maximum absolute atomic E-state index is 11.8. The van der Waals surface area contributed by atoms with Crippen LogP contribution < -0.4 is 5.32 Å². The summed E-state index contributed by atoms with van der Waals surface area (Å²) >= 11 is 0. The molecule has 0 bridgehead atoms. The third-order valence-corrected chi connectivity index (χ3v) is 2.43. The van der Waals surface area contributed by atoms with Crippen molar-refractivity contribution >= 4 is 5.97 Å². The van der Waals surface area contributed by atoms with E-state index in [4.69, 9.17) is 4.74 Å². The highest BCUT2D eigenvalue weighted by molar-refractivity contribution is 5.81. The van der Waals surface area contributed by atoms with Crippen LogP contribution in [0, 0.1) is 0 Å². The van der Waals surface area contributed by atoms with Crippen molar-refractivity contribution < 1.29 is 9.53 Å². The number of esters is 1. The molecule has 0 aliphatic rings. The summed E-state index contributed by atoms with van der Waals surface area (Å²) in [6.45, 7) is 5.89. The van der Waals surface area contributed by atoms with E-state index in [1.807, 2.05) is 6.07 Å². The largest absolute Gasteiger partial charge is 0.467 e. The molecule has 0 aliphatic carbocycles. The second-order valence-electron chi connectivity index (χ2n) is 3.53. The van der Waals surface area contributed by atoms with Crippen molar-refractivity contribution in [3.8, 4) is 0 Å². The van der Waals surface area contributed by atoms with Gasteiger partial charge in [-0.05, 0) is 13.0 Å². The van der Waals surface area contributed by atoms with Crippen LogP contribution >= 0.6 is 0 Å². The van der Waals surface area contributed by atoms with Crippen molar-refractivity contribution in [1.29, 1.82) is 0 Å². The van der Waals surface area contributed by atoms with Crippen molar-refractivity contribution in [1.82, 2.24) is 10.3 Å². The number of aromatic nitrogens is 1. The Balaban J connectivity index is 3.04. The number of rotatable bonds is 5. The molecule has 1 unspecified atom stereocenters. The van der Waals surface area contributed by atoms with Crippen molar-refractivity contribution in [2.45, 2.75) is 12.5 Å². The Hall–Kier alpha value is -1.68. The Morgan fingerprint density at radius 1 is 1.75 bits per heavy atom. The molecule has 1 aromatic rings. The Bertz CT molecular complexity index is 365. The molecule has 0 spiro atoms. The van der Waals surface area contributed by atoms with Gasteiger partial charge < -0.3 is 4.74 Å². The van der Waals surface area contributed by atoms with Gasteiger partial charge in [0.1, 0.15) is 5.54 Å². The molecule has 4 nitrogen and oxygen atoms in total. The predicted molar refractivity (Wildman–Crippen MR) is 61.8 cm³/mol. The second kappa shape index (κ2) is 5.42. The van der Waals surface area contributed by atoms with E-state index in [1.165, 1.54) is 7.11 Å². The SMILES string of the molecule is C=CCNC(C)(C(=O)OC)c1cccnc1. The minimum atomic E-state index is -0.892. The van der Waals surface area contributed by atoms with Gasteiger partial charge in [-0.2, -0.15) is 0 Å². The highest BCUT2D eigenvalue weighted by atomic mass is 16.5. The molecule has 0 fully saturated rings. The first kappa shape index (κ1) is 12.4. The summed E-state index contributed by atoms with van der Waals surface area (Å²) in [6.07, 6.45) is 5.00. The van der Waals surface area contributed by atoms with E-state index in [0.29, 0.717) is 6.54 Å². The molecule has 0 amide bonds. The molecular formula is C12H16N2O2. The molecule has 1 aromatic heterocycles. The Morgan fingerprint density at radius 2 is 2.50 bits per heavy atom. The van der Waals surface area contributed by atoms with Crippen LogP contribution in [0.5, 0.6) is 0 Å². The maximum Gasteiger partial charge on any atom is 0.330 e. The summed E-state index contributed by atoms with van der Waals surface area (Å²) in [6, 6.07) is 3.62. The number of carbonyl (C=O) groups is 1. The van der Waals surface area contributed by atoms with Gasteiger partial charge in [0.05, 0.1) is 7.11 Å². The van der Waals surface area contributed by atoms with E-state index in [-0.39, 0.29) is 5.97 Å². The van der Waals surface area contributed by atoms with Gasteiger partial charge in [-0.15, -0.1) is 6.58 Å². The number of hydrogen-bond donors (Lipinski definition) is 1. The standard InChI is InChI=1S/C12H16N2O2/c1-4-7-14-12(2,11(15)16-3)10-6-5-8-13-9-10/h4-6,8-9,14H,1,7H2,2-3H3. The summed E-state index contributed by atoms with van der Waals surface area (Å²) in [4.78, 5) is 15.8. The molecule has 0 saturated carbocycles. The smallest absolute Gasteiger partial charge is 0.330 e. The number of ether oxygens (including phenoxy) is 1. The first-order valence-electron chi connectivity index (χ1n) is 5.00. The third-order valence-electron chi connectivity index (χ3n) is 2.43. The van der Waals surface area contributed by atoms with Crippen LogP contribution in [-0.4, -0.2) is 24.6 Å².